The SMILES string of the molecule is CCCNC(=O)C1(C)C(=O)CCC=C1OC. The van der Waals surface area contributed by atoms with Crippen molar-refractivity contribution < 1.29 is 14.3 Å². The molecule has 16 heavy (non-hydrogen) atoms. The second-order valence-electron chi connectivity index (χ2n) is 4.12. The lowest BCUT2D eigenvalue weighted by Crippen LogP contribution is -2.47. The molecule has 0 aromatic heterocycles. The van der Waals surface area contributed by atoms with E-state index in [2.05, 4.69) is 5.32 Å². The molecule has 0 saturated carbocycles. The summed E-state index contributed by atoms with van der Waals surface area (Å²) in [5.41, 5.74) is -1.14. The molecule has 0 spiro atoms. The zero-order valence-electron chi connectivity index (χ0n) is 10.1. The van der Waals surface area contributed by atoms with Gasteiger partial charge in [0.25, 0.3) is 0 Å². The summed E-state index contributed by atoms with van der Waals surface area (Å²) in [6, 6.07) is 0. The predicted molar refractivity (Wildman–Crippen MR) is 60.7 cm³/mol. The van der Waals surface area contributed by atoms with Gasteiger partial charge in [-0.1, -0.05) is 6.92 Å². The van der Waals surface area contributed by atoms with E-state index in [1.54, 1.807) is 6.92 Å². The number of rotatable bonds is 4. The van der Waals surface area contributed by atoms with E-state index in [-0.39, 0.29) is 11.7 Å². The van der Waals surface area contributed by atoms with E-state index < -0.39 is 5.41 Å². The molecule has 1 rings (SSSR count). The minimum Gasteiger partial charge on any atom is -0.500 e. The van der Waals surface area contributed by atoms with Gasteiger partial charge in [0.2, 0.25) is 5.91 Å². The monoisotopic (exact) mass is 225 g/mol. The first-order valence-corrected chi connectivity index (χ1v) is 5.63. The molecule has 1 N–H and O–H groups in total. The van der Waals surface area contributed by atoms with E-state index in [1.165, 1.54) is 7.11 Å². The Balaban J connectivity index is 2.93. The van der Waals surface area contributed by atoms with Crippen molar-refractivity contribution in [3.8, 4) is 0 Å². The predicted octanol–water partition coefficient (Wildman–Crippen LogP) is 1.41. The van der Waals surface area contributed by atoms with E-state index >= 15 is 0 Å². The van der Waals surface area contributed by atoms with Crippen LogP contribution in [0, 0.1) is 5.41 Å². The Morgan fingerprint density at radius 1 is 1.62 bits per heavy atom. The van der Waals surface area contributed by atoms with E-state index in [0.29, 0.717) is 25.1 Å². The van der Waals surface area contributed by atoms with Crippen LogP contribution in [0.15, 0.2) is 11.8 Å². The minimum absolute atomic E-state index is 0.0690. The number of amides is 1. The number of methoxy groups -OCH3 is 1. The van der Waals surface area contributed by atoms with Crippen molar-refractivity contribution in [2.24, 2.45) is 5.41 Å². The summed E-state index contributed by atoms with van der Waals surface area (Å²) in [5, 5.41) is 2.76. The molecular weight excluding hydrogens is 206 g/mol. The number of carbonyl (C=O) groups is 2. The smallest absolute Gasteiger partial charge is 0.241 e. The van der Waals surface area contributed by atoms with Gasteiger partial charge >= 0.3 is 0 Å². The lowest BCUT2D eigenvalue weighted by atomic mass is 9.76. The van der Waals surface area contributed by atoms with Crippen LogP contribution in [-0.2, 0) is 14.3 Å². The van der Waals surface area contributed by atoms with Crippen molar-refractivity contribution in [1.82, 2.24) is 5.32 Å². The summed E-state index contributed by atoms with van der Waals surface area (Å²) in [6.45, 7) is 4.19. The fourth-order valence-electron chi connectivity index (χ4n) is 1.87. The van der Waals surface area contributed by atoms with Crippen LogP contribution >= 0.6 is 0 Å². The van der Waals surface area contributed by atoms with Crippen LogP contribution in [-0.4, -0.2) is 25.3 Å². The molecule has 1 atom stereocenters. The number of carbonyl (C=O) groups excluding carboxylic acids is 2. The van der Waals surface area contributed by atoms with Gasteiger partial charge in [-0.25, -0.2) is 0 Å². The Kier molecular flexibility index (Phi) is 4.10. The average molecular weight is 225 g/mol. The Bertz CT molecular complexity index is 322. The Labute approximate surface area is 96.0 Å². The summed E-state index contributed by atoms with van der Waals surface area (Å²) in [5.74, 6) is 0.143. The summed E-state index contributed by atoms with van der Waals surface area (Å²) < 4.78 is 5.16. The van der Waals surface area contributed by atoms with Crippen molar-refractivity contribution in [2.75, 3.05) is 13.7 Å². The summed E-state index contributed by atoms with van der Waals surface area (Å²) in [4.78, 5) is 23.9. The Hall–Kier alpha value is -1.32. The molecule has 0 bridgehead atoms. The molecule has 1 amide bonds. The first-order chi connectivity index (χ1) is 7.57. The number of nitrogens with one attached hydrogen (secondary N) is 1. The third kappa shape index (κ3) is 2.10. The molecule has 0 saturated heterocycles. The second-order valence-corrected chi connectivity index (χ2v) is 4.12. The maximum atomic E-state index is 12.0. The first kappa shape index (κ1) is 12.7. The minimum atomic E-state index is -1.14. The molecule has 1 aliphatic carbocycles. The number of ketones is 1. The quantitative estimate of drug-likeness (QED) is 0.736. The Morgan fingerprint density at radius 3 is 2.88 bits per heavy atom. The normalized spacial score (nSPS) is 24.9. The lowest BCUT2D eigenvalue weighted by molar-refractivity contribution is -0.141. The lowest BCUT2D eigenvalue weighted by Gasteiger charge is -2.31. The van der Waals surface area contributed by atoms with Crippen LogP contribution in [0.5, 0.6) is 0 Å². The molecule has 0 fully saturated rings. The highest BCUT2D eigenvalue weighted by molar-refractivity contribution is 6.09. The van der Waals surface area contributed by atoms with Crippen LogP contribution in [0.3, 0.4) is 0 Å². The summed E-state index contributed by atoms with van der Waals surface area (Å²) in [6.07, 6.45) is 3.73. The Morgan fingerprint density at radius 2 is 2.31 bits per heavy atom. The molecule has 0 aromatic rings. The third-order valence-electron chi connectivity index (χ3n) is 2.96. The van der Waals surface area contributed by atoms with Crippen LogP contribution in [0.25, 0.3) is 0 Å². The molecule has 0 aromatic carbocycles. The van der Waals surface area contributed by atoms with Gasteiger partial charge in [0.1, 0.15) is 5.76 Å². The van der Waals surface area contributed by atoms with Crippen LogP contribution in [0.2, 0.25) is 0 Å². The van der Waals surface area contributed by atoms with Gasteiger partial charge in [0, 0.05) is 13.0 Å². The van der Waals surface area contributed by atoms with E-state index in [4.69, 9.17) is 4.74 Å². The number of allylic oxidation sites excluding steroid dienone is 1. The molecule has 4 nitrogen and oxygen atoms in total. The number of Topliss-reactive ketones (excluding diaryl/α,β-unsaturated/α-hetero) is 1. The van der Waals surface area contributed by atoms with Crippen molar-refractivity contribution in [2.45, 2.75) is 33.1 Å². The maximum absolute atomic E-state index is 12.0. The van der Waals surface area contributed by atoms with Gasteiger partial charge in [0.15, 0.2) is 11.2 Å². The maximum Gasteiger partial charge on any atom is 0.241 e. The molecule has 0 heterocycles. The van der Waals surface area contributed by atoms with Gasteiger partial charge in [-0.15, -0.1) is 0 Å². The standard InChI is InChI=1S/C12H19NO3/c1-4-8-13-11(15)12(2)9(14)6-5-7-10(12)16-3/h7H,4-6,8H2,1-3H3,(H,13,15). The fraction of sp³-hybridized carbons (Fsp3) is 0.667. The van der Waals surface area contributed by atoms with Gasteiger partial charge in [-0.2, -0.15) is 0 Å². The van der Waals surface area contributed by atoms with Gasteiger partial charge in [-0.3, -0.25) is 9.59 Å². The van der Waals surface area contributed by atoms with Crippen molar-refractivity contribution in [1.29, 1.82) is 0 Å². The highest BCUT2D eigenvalue weighted by Gasteiger charge is 2.46. The van der Waals surface area contributed by atoms with E-state index in [1.807, 2.05) is 13.0 Å². The number of hydrogen-bond acceptors (Lipinski definition) is 3. The molecule has 1 unspecified atom stereocenters. The first-order valence-electron chi connectivity index (χ1n) is 5.63. The second kappa shape index (κ2) is 5.14. The van der Waals surface area contributed by atoms with Crippen LogP contribution < -0.4 is 5.32 Å². The molecule has 1 aliphatic rings. The molecule has 0 aliphatic heterocycles. The highest BCUT2D eigenvalue weighted by atomic mass is 16.5. The van der Waals surface area contributed by atoms with Crippen molar-refractivity contribution in [3.05, 3.63) is 11.8 Å². The molecule has 90 valence electrons. The average Bonchev–Trinajstić information content (AvgIpc) is 2.29. The van der Waals surface area contributed by atoms with Gasteiger partial charge < -0.3 is 10.1 Å². The topological polar surface area (TPSA) is 55.4 Å². The zero-order chi connectivity index (χ0) is 12.2. The summed E-state index contributed by atoms with van der Waals surface area (Å²) in [7, 11) is 1.50. The van der Waals surface area contributed by atoms with Crippen LogP contribution in [0.1, 0.15) is 33.1 Å². The third-order valence-corrected chi connectivity index (χ3v) is 2.96. The van der Waals surface area contributed by atoms with Gasteiger partial charge in [-0.05, 0) is 25.8 Å². The molecule has 4 heteroatoms. The number of ether oxygens (including phenoxy) is 1. The van der Waals surface area contributed by atoms with Crippen molar-refractivity contribution in [3.63, 3.8) is 0 Å². The number of hydrogen-bond donors (Lipinski definition) is 1. The van der Waals surface area contributed by atoms with Crippen LogP contribution in [0.4, 0.5) is 0 Å². The fourth-order valence-corrected chi connectivity index (χ4v) is 1.87. The van der Waals surface area contributed by atoms with Crippen molar-refractivity contribution >= 4 is 11.7 Å². The highest BCUT2D eigenvalue weighted by Crippen LogP contribution is 2.34. The molecule has 0 radical (unpaired) electrons. The van der Waals surface area contributed by atoms with E-state index in [0.717, 1.165) is 6.42 Å². The van der Waals surface area contributed by atoms with Gasteiger partial charge in [0.05, 0.1) is 7.11 Å². The summed E-state index contributed by atoms with van der Waals surface area (Å²) >= 11 is 0. The molecular formula is C12H19NO3. The zero-order valence-corrected chi connectivity index (χ0v) is 10.1. The van der Waals surface area contributed by atoms with E-state index in [9.17, 15) is 9.59 Å². The largest absolute Gasteiger partial charge is 0.500 e.